The highest BCUT2D eigenvalue weighted by atomic mass is 35.5. The van der Waals surface area contributed by atoms with Crippen molar-refractivity contribution in [2.45, 2.75) is 6.92 Å². The van der Waals surface area contributed by atoms with Crippen molar-refractivity contribution >= 4 is 33.8 Å². The number of aryl methyl sites for hydroxylation is 1. The van der Waals surface area contributed by atoms with Crippen LogP contribution in [0.4, 0.5) is 10.8 Å². The Balaban J connectivity index is 1.70. The molecule has 1 aliphatic heterocycles. The van der Waals surface area contributed by atoms with Crippen molar-refractivity contribution in [1.29, 1.82) is 5.26 Å². The number of piperazine rings is 1. The molecule has 0 N–H and O–H groups in total. The first-order valence-electron chi connectivity index (χ1n) is 6.66. The number of pyridine rings is 1. The lowest BCUT2D eigenvalue weighted by molar-refractivity contribution is 0.650. The first kappa shape index (κ1) is 14.1. The lowest BCUT2D eigenvalue weighted by Gasteiger charge is -2.36. The smallest absolute Gasteiger partial charge is 0.188 e. The monoisotopic (exact) mass is 319 g/mol. The van der Waals surface area contributed by atoms with Crippen molar-refractivity contribution in [2.24, 2.45) is 0 Å². The van der Waals surface area contributed by atoms with Gasteiger partial charge >= 0.3 is 0 Å². The van der Waals surface area contributed by atoms with Crippen molar-refractivity contribution in [3.63, 3.8) is 0 Å². The number of hydrogen-bond acceptors (Lipinski definition) is 6. The predicted octanol–water partition coefficient (Wildman–Crippen LogP) is 2.70. The van der Waals surface area contributed by atoms with Crippen molar-refractivity contribution in [3.05, 3.63) is 34.1 Å². The maximum absolute atomic E-state index is 8.95. The predicted molar refractivity (Wildman–Crippen MR) is 85.2 cm³/mol. The molecule has 0 atom stereocenters. The van der Waals surface area contributed by atoms with Gasteiger partial charge in [-0.3, -0.25) is 4.98 Å². The summed E-state index contributed by atoms with van der Waals surface area (Å²) in [6.45, 7) is 5.66. The lowest BCUT2D eigenvalue weighted by atomic mass is 10.2. The van der Waals surface area contributed by atoms with Gasteiger partial charge < -0.3 is 9.80 Å². The fourth-order valence-corrected chi connectivity index (χ4v) is 3.55. The summed E-state index contributed by atoms with van der Waals surface area (Å²) in [5, 5.41) is 10.1. The number of aromatic nitrogens is 2. The molecule has 3 rings (SSSR count). The SMILES string of the molecule is Cc1cnccc1N1CCN(c2nc(Cl)c(C#N)s2)CC1. The van der Waals surface area contributed by atoms with Crippen LogP contribution in [-0.2, 0) is 0 Å². The second-order valence-electron chi connectivity index (χ2n) is 4.86. The molecule has 0 amide bonds. The van der Waals surface area contributed by atoms with E-state index in [0.29, 0.717) is 10.0 Å². The molecule has 0 saturated carbocycles. The van der Waals surface area contributed by atoms with Crippen LogP contribution < -0.4 is 9.80 Å². The van der Waals surface area contributed by atoms with E-state index in [9.17, 15) is 0 Å². The number of halogens is 1. The molecule has 5 nitrogen and oxygen atoms in total. The highest BCUT2D eigenvalue weighted by Gasteiger charge is 2.22. The van der Waals surface area contributed by atoms with E-state index >= 15 is 0 Å². The average Bonchev–Trinajstić information content (AvgIpc) is 2.89. The number of nitrogens with zero attached hydrogens (tertiary/aromatic N) is 5. The Hall–Kier alpha value is -1.84. The Morgan fingerprint density at radius 3 is 2.62 bits per heavy atom. The second-order valence-corrected chi connectivity index (χ2v) is 6.20. The minimum Gasteiger partial charge on any atom is -0.368 e. The maximum Gasteiger partial charge on any atom is 0.188 e. The van der Waals surface area contributed by atoms with Crippen LogP contribution in [-0.4, -0.2) is 36.1 Å². The normalized spacial score (nSPS) is 15.1. The molecule has 0 unspecified atom stereocenters. The van der Waals surface area contributed by atoms with Gasteiger partial charge in [0.15, 0.2) is 10.3 Å². The van der Waals surface area contributed by atoms with Crippen LogP contribution in [0.25, 0.3) is 0 Å². The zero-order chi connectivity index (χ0) is 14.8. The topological polar surface area (TPSA) is 56.1 Å². The van der Waals surface area contributed by atoms with Crippen LogP contribution in [0.5, 0.6) is 0 Å². The Bertz CT molecular complexity index is 685. The molecule has 2 aromatic heterocycles. The van der Waals surface area contributed by atoms with Crippen molar-refractivity contribution < 1.29 is 0 Å². The van der Waals surface area contributed by atoms with E-state index in [-0.39, 0.29) is 0 Å². The van der Waals surface area contributed by atoms with Gasteiger partial charge in [-0.15, -0.1) is 0 Å². The Morgan fingerprint density at radius 2 is 2.00 bits per heavy atom. The zero-order valence-electron chi connectivity index (χ0n) is 11.6. The Morgan fingerprint density at radius 1 is 1.29 bits per heavy atom. The van der Waals surface area contributed by atoms with E-state index in [1.165, 1.54) is 22.6 Å². The molecule has 1 saturated heterocycles. The number of hydrogen-bond donors (Lipinski definition) is 0. The van der Waals surface area contributed by atoms with Gasteiger partial charge in [-0.25, -0.2) is 4.98 Å². The molecule has 0 aliphatic carbocycles. The molecule has 7 heteroatoms. The largest absolute Gasteiger partial charge is 0.368 e. The molecule has 0 spiro atoms. The van der Waals surface area contributed by atoms with Gasteiger partial charge in [-0.05, 0) is 18.6 Å². The van der Waals surface area contributed by atoms with E-state index in [4.69, 9.17) is 16.9 Å². The summed E-state index contributed by atoms with van der Waals surface area (Å²) >= 11 is 7.30. The van der Waals surface area contributed by atoms with Gasteiger partial charge in [-0.1, -0.05) is 22.9 Å². The number of anilines is 2. The lowest BCUT2D eigenvalue weighted by Crippen LogP contribution is -2.46. The molecular formula is C14H14ClN5S. The average molecular weight is 320 g/mol. The summed E-state index contributed by atoms with van der Waals surface area (Å²) in [7, 11) is 0. The second kappa shape index (κ2) is 5.88. The Labute approximate surface area is 132 Å². The summed E-state index contributed by atoms with van der Waals surface area (Å²) in [4.78, 5) is 13.4. The standard InChI is InChI=1S/C14H14ClN5S/c1-10-9-17-3-2-11(10)19-4-6-20(7-5-19)14-18-13(15)12(8-16)21-14/h2-3,9H,4-7H2,1H3. The maximum atomic E-state index is 8.95. The molecular weight excluding hydrogens is 306 g/mol. The summed E-state index contributed by atoms with van der Waals surface area (Å²) in [6.07, 6.45) is 3.72. The van der Waals surface area contributed by atoms with Crippen LogP contribution >= 0.6 is 22.9 Å². The molecule has 3 heterocycles. The highest BCUT2D eigenvalue weighted by molar-refractivity contribution is 7.16. The quantitative estimate of drug-likeness (QED) is 0.852. The summed E-state index contributed by atoms with van der Waals surface area (Å²) < 4.78 is 0. The van der Waals surface area contributed by atoms with Crippen molar-refractivity contribution in [2.75, 3.05) is 36.0 Å². The minimum atomic E-state index is 0.310. The van der Waals surface area contributed by atoms with Gasteiger partial charge in [0.2, 0.25) is 0 Å². The number of nitriles is 1. The van der Waals surface area contributed by atoms with E-state index in [1.807, 2.05) is 12.4 Å². The molecule has 2 aromatic rings. The molecule has 0 bridgehead atoms. The van der Waals surface area contributed by atoms with Gasteiger partial charge in [0.25, 0.3) is 0 Å². The van der Waals surface area contributed by atoms with Gasteiger partial charge in [0.1, 0.15) is 10.9 Å². The molecule has 1 fully saturated rings. The first-order chi connectivity index (χ1) is 10.2. The van der Waals surface area contributed by atoms with E-state index < -0.39 is 0 Å². The van der Waals surface area contributed by atoms with Gasteiger partial charge in [0.05, 0.1) is 0 Å². The fourth-order valence-electron chi connectivity index (χ4n) is 2.45. The molecule has 0 radical (unpaired) electrons. The van der Waals surface area contributed by atoms with Crippen molar-refractivity contribution in [1.82, 2.24) is 9.97 Å². The van der Waals surface area contributed by atoms with Crippen LogP contribution in [0.1, 0.15) is 10.4 Å². The third kappa shape index (κ3) is 2.80. The fraction of sp³-hybridized carbons (Fsp3) is 0.357. The third-order valence-electron chi connectivity index (χ3n) is 3.56. The third-order valence-corrected chi connectivity index (χ3v) is 4.96. The van der Waals surface area contributed by atoms with Crippen LogP contribution in [0.3, 0.4) is 0 Å². The van der Waals surface area contributed by atoms with Crippen LogP contribution in [0.15, 0.2) is 18.5 Å². The number of rotatable bonds is 2. The van der Waals surface area contributed by atoms with E-state index in [0.717, 1.165) is 31.3 Å². The molecule has 1 aliphatic rings. The van der Waals surface area contributed by atoms with Crippen molar-refractivity contribution in [3.8, 4) is 6.07 Å². The number of thiazole rings is 1. The summed E-state index contributed by atoms with van der Waals surface area (Å²) in [5.41, 5.74) is 2.43. The first-order valence-corrected chi connectivity index (χ1v) is 7.85. The molecule has 108 valence electrons. The van der Waals surface area contributed by atoms with E-state index in [2.05, 4.69) is 38.8 Å². The summed E-state index contributed by atoms with van der Waals surface area (Å²) in [6, 6.07) is 4.13. The van der Waals surface area contributed by atoms with Gasteiger partial charge in [0, 0.05) is 44.3 Å². The zero-order valence-corrected chi connectivity index (χ0v) is 13.2. The highest BCUT2D eigenvalue weighted by Crippen LogP contribution is 2.30. The minimum absolute atomic E-state index is 0.310. The molecule has 21 heavy (non-hydrogen) atoms. The van der Waals surface area contributed by atoms with Crippen LogP contribution in [0.2, 0.25) is 5.15 Å². The van der Waals surface area contributed by atoms with E-state index in [1.54, 1.807) is 0 Å². The summed E-state index contributed by atoms with van der Waals surface area (Å²) in [5.74, 6) is 0. The van der Waals surface area contributed by atoms with Gasteiger partial charge in [-0.2, -0.15) is 5.26 Å². The Kier molecular flexibility index (Phi) is 3.95. The molecule has 0 aromatic carbocycles. The van der Waals surface area contributed by atoms with Crippen LogP contribution in [0, 0.1) is 18.3 Å².